The highest BCUT2D eigenvalue weighted by molar-refractivity contribution is 7.97. The van der Waals surface area contributed by atoms with Gasteiger partial charge in [0, 0.05) is 12.4 Å². The lowest BCUT2D eigenvalue weighted by Gasteiger charge is -1.89. The van der Waals surface area contributed by atoms with Gasteiger partial charge in [-0.1, -0.05) is 0 Å². The van der Waals surface area contributed by atoms with E-state index in [1.54, 1.807) is 0 Å². The normalized spacial score (nSPS) is 9.30. The van der Waals surface area contributed by atoms with E-state index in [0.29, 0.717) is 10.3 Å². The number of hydrogen-bond donors (Lipinski definition) is 2. The molecule has 1 aromatic heterocycles. The van der Waals surface area contributed by atoms with Crippen LogP contribution >= 0.6 is 24.8 Å². The Balaban J connectivity index is 3.12. The van der Waals surface area contributed by atoms with Crippen LogP contribution in [0.4, 0.5) is 0 Å². The van der Waals surface area contributed by atoms with Crippen LogP contribution in [0.3, 0.4) is 0 Å². The number of aromatic nitrogens is 2. The van der Waals surface area contributed by atoms with Crippen molar-refractivity contribution in [1.82, 2.24) is 9.97 Å². The van der Waals surface area contributed by atoms with Crippen LogP contribution in [-0.2, 0) is 0 Å². The van der Waals surface area contributed by atoms with Crippen molar-refractivity contribution in [2.24, 2.45) is 0 Å². The molecule has 0 aliphatic carbocycles. The van der Waals surface area contributed by atoms with Crippen LogP contribution in [0.2, 0.25) is 0 Å². The van der Waals surface area contributed by atoms with Crippen molar-refractivity contribution in [3.63, 3.8) is 0 Å². The Morgan fingerprint density at radius 3 is 2.90 bits per heavy atom. The van der Waals surface area contributed by atoms with Gasteiger partial charge in [-0.05, 0) is 12.2 Å². The van der Waals surface area contributed by atoms with Crippen molar-refractivity contribution in [2.45, 2.75) is 0 Å². The maximum atomic E-state index is 10.5. The van der Waals surface area contributed by atoms with Crippen LogP contribution in [0.5, 0.6) is 0 Å². The lowest BCUT2D eigenvalue weighted by atomic mass is 10.4. The topological polar surface area (TPSA) is 45.8 Å². The fourth-order valence-electron chi connectivity index (χ4n) is 0.459. The van der Waals surface area contributed by atoms with Gasteiger partial charge in [-0.2, -0.15) is 0 Å². The summed E-state index contributed by atoms with van der Waals surface area (Å²) in [5, 5.41) is -0.321. The molecule has 0 saturated carbocycles. The molecule has 0 bridgehead atoms. The number of H-pyrrole nitrogens is 1. The van der Waals surface area contributed by atoms with E-state index in [1.165, 1.54) is 12.4 Å². The Morgan fingerprint density at radius 2 is 2.50 bits per heavy atom. The molecular formula is C5H4N2OS2. The molecule has 52 valence electrons. The van der Waals surface area contributed by atoms with Gasteiger partial charge < -0.3 is 4.98 Å². The second-order valence-electron chi connectivity index (χ2n) is 1.61. The van der Waals surface area contributed by atoms with Gasteiger partial charge in [0.25, 0.3) is 0 Å². The highest BCUT2D eigenvalue weighted by Gasteiger charge is 1.96. The molecule has 3 nitrogen and oxygen atoms in total. The zero-order valence-corrected chi connectivity index (χ0v) is 6.58. The van der Waals surface area contributed by atoms with Crippen molar-refractivity contribution in [2.75, 3.05) is 0 Å². The molecule has 0 saturated heterocycles. The molecule has 10 heavy (non-hydrogen) atoms. The first-order valence-corrected chi connectivity index (χ1v) is 3.34. The number of nitrogens with zero attached hydrogens (tertiary/aromatic N) is 1. The van der Waals surface area contributed by atoms with E-state index in [9.17, 15) is 4.79 Å². The summed E-state index contributed by atoms with van der Waals surface area (Å²) in [5.41, 5.74) is 0.414. The fraction of sp³-hybridized carbons (Fsp3) is 0. The summed E-state index contributed by atoms with van der Waals surface area (Å²) in [4.78, 5) is 16.8. The fourth-order valence-corrected chi connectivity index (χ4v) is 0.693. The van der Waals surface area contributed by atoms with E-state index in [1.807, 2.05) is 0 Å². The molecule has 0 aliphatic rings. The summed E-state index contributed by atoms with van der Waals surface area (Å²) >= 11 is 8.24. The Bertz CT molecular complexity index is 286. The van der Waals surface area contributed by atoms with Gasteiger partial charge in [0.15, 0.2) is 4.77 Å². The molecule has 5 heteroatoms. The van der Waals surface area contributed by atoms with Gasteiger partial charge in [-0.3, -0.25) is 4.79 Å². The number of rotatable bonds is 1. The number of thiol groups is 1. The first-order chi connectivity index (χ1) is 4.70. The van der Waals surface area contributed by atoms with Crippen molar-refractivity contribution >= 4 is 30.0 Å². The lowest BCUT2D eigenvalue weighted by molar-refractivity contribution is 0.109. The van der Waals surface area contributed by atoms with E-state index >= 15 is 0 Å². The first-order valence-electron chi connectivity index (χ1n) is 2.48. The SMILES string of the molecule is O=C(S)c1cnc(=S)[nH]c1. The largest absolute Gasteiger partial charge is 0.337 e. The molecule has 0 aliphatic heterocycles. The summed E-state index contributed by atoms with van der Waals surface area (Å²) in [5.74, 6) is 0. The van der Waals surface area contributed by atoms with Gasteiger partial charge in [-0.25, -0.2) is 4.98 Å². The maximum Gasteiger partial charge on any atom is 0.219 e. The van der Waals surface area contributed by atoms with Crippen LogP contribution < -0.4 is 0 Å². The van der Waals surface area contributed by atoms with Crippen molar-refractivity contribution in [3.05, 3.63) is 22.7 Å². The quantitative estimate of drug-likeness (QED) is 0.494. The average Bonchev–Trinajstić information content (AvgIpc) is 1.88. The summed E-state index contributed by atoms with van der Waals surface area (Å²) in [7, 11) is 0. The highest BCUT2D eigenvalue weighted by Crippen LogP contribution is 1.97. The van der Waals surface area contributed by atoms with Crippen LogP contribution in [0, 0.1) is 4.77 Å². The van der Waals surface area contributed by atoms with Crippen molar-refractivity contribution < 1.29 is 4.79 Å². The third-order valence-corrected chi connectivity index (χ3v) is 1.40. The number of carbonyl (C=O) groups is 1. The van der Waals surface area contributed by atoms with Crippen molar-refractivity contribution in [1.29, 1.82) is 0 Å². The molecule has 0 amide bonds. The van der Waals surface area contributed by atoms with E-state index in [0.717, 1.165) is 0 Å². The smallest absolute Gasteiger partial charge is 0.219 e. The molecule has 0 atom stereocenters. The minimum atomic E-state index is -0.321. The third-order valence-electron chi connectivity index (χ3n) is 0.919. The third kappa shape index (κ3) is 1.65. The number of nitrogens with one attached hydrogen (secondary N) is 1. The van der Waals surface area contributed by atoms with Crippen LogP contribution in [0.15, 0.2) is 12.4 Å². The van der Waals surface area contributed by atoms with Crippen LogP contribution in [-0.4, -0.2) is 15.1 Å². The van der Waals surface area contributed by atoms with Crippen LogP contribution in [0.25, 0.3) is 0 Å². The van der Waals surface area contributed by atoms with E-state index < -0.39 is 0 Å². The molecule has 1 rings (SSSR count). The maximum absolute atomic E-state index is 10.5. The summed E-state index contributed by atoms with van der Waals surface area (Å²) < 4.78 is 0.360. The molecule has 1 N–H and O–H groups in total. The Morgan fingerprint density at radius 1 is 1.80 bits per heavy atom. The number of hydrogen-bond acceptors (Lipinski definition) is 3. The minimum absolute atomic E-state index is 0.321. The molecule has 0 unspecified atom stereocenters. The Kier molecular flexibility index (Phi) is 2.18. The van der Waals surface area contributed by atoms with E-state index in [4.69, 9.17) is 0 Å². The number of carbonyl (C=O) groups excluding carboxylic acids is 1. The van der Waals surface area contributed by atoms with Gasteiger partial charge in [0.1, 0.15) is 0 Å². The number of aromatic amines is 1. The van der Waals surface area contributed by atoms with E-state index in [-0.39, 0.29) is 5.12 Å². The second-order valence-corrected chi connectivity index (χ2v) is 2.41. The van der Waals surface area contributed by atoms with E-state index in [2.05, 4.69) is 34.8 Å². The first kappa shape index (κ1) is 7.43. The average molecular weight is 172 g/mol. The van der Waals surface area contributed by atoms with Gasteiger partial charge in [0.2, 0.25) is 5.12 Å². The molecule has 0 fully saturated rings. The summed E-state index contributed by atoms with van der Waals surface area (Å²) in [6, 6.07) is 0. The highest BCUT2D eigenvalue weighted by atomic mass is 32.1. The standard InChI is InChI=1S/C5H4N2OS2/c8-4(9)3-1-6-5(10)7-2-3/h1-2H,(H,8,9)(H,6,7,10). The molecule has 0 radical (unpaired) electrons. The molecule has 0 spiro atoms. The van der Waals surface area contributed by atoms with Crippen molar-refractivity contribution in [3.8, 4) is 0 Å². The molecular weight excluding hydrogens is 168 g/mol. The zero-order chi connectivity index (χ0) is 7.56. The summed E-state index contributed by atoms with van der Waals surface area (Å²) in [6.07, 6.45) is 2.86. The predicted octanol–water partition coefficient (Wildman–Crippen LogP) is 1.21. The predicted molar refractivity (Wildman–Crippen MR) is 42.7 cm³/mol. The minimum Gasteiger partial charge on any atom is -0.337 e. The molecule has 0 aromatic carbocycles. The van der Waals surface area contributed by atoms with Crippen LogP contribution in [0.1, 0.15) is 10.4 Å². The lowest BCUT2D eigenvalue weighted by Crippen LogP contribution is -1.91. The molecule has 1 aromatic rings. The van der Waals surface area contributed by atoms with Gasteiger partial charge in [0.05, 0.1) is 5.56 Å². The Hall–Kier alpha value is -0.680. The molecule has 1 heterocycles. The monoisotopic (exact) mass is 172 g/mol. The van der Waals surface area contributed by atoms with Gasteiger partial charge >= 0.3 is 0 Å². The zero-order valence-electron chi connectivity index (χ0n) is 4.87. The summed E-state index contributed by atoms with van der Waals surface area (Å²) in [6.45, 7) is 0. The Labute approximate surface area is 67.9 Å². The van der Waals surface area contributed by atoms with Gasteiger partial charge in [-0.15, -0.1) is 12.6 Å². The second kappa shape index (κ2) is 2.94.